The molecule has 4 aliphatic carbocycles. The molecule has 4 fully saturated rings. The number of carbonyl (C=O) groups excluding carboxylic acids is 1. The molecule has 4 saturated carbocycles. The topological polar surface area (TPSA) is 63.3 Å². The van der Waals surface area contributed by atoms with Gasteiger partial charge in [0.15, 0.2) is 0 Å². The van der Waals surface area contributed by atoms with Crippen molar-refractivity contribution in [2.75, 3.05) is 0 Å². The van der Waals surface area contributed by atoms with Crippen molar-refractivity contribution in [3.05, 3.63) is 0 Å². The van der Waals surface area contributed by atoms with Crippen LogP contribution < -0.4 is 5.73 Å². The van der Waals surface area contributed by atoms with Gasteiger partial charge in [0.2, 0.25) is 0 Å². The molecule has 9 atom stereocenters. The lowest BCUT2D eigenvalue weighted by Gasteiger charge is -2.61. The zero-order valence-electron chi connectivity index (χ0n) is 16.6. The van der Waals surface area contributed by atoms with Crippen LogP contribution >= 0.6 is 0 Å². The van der Waals surface area contributed by atoms with Gasteiger partial charge < -0.3 is 10.8 Å². The van der Waals surface area contributed by atoms with E-state index >= 15 is 0 Å². The van der Waals surface area contributed by atoms with Crippen molar-refractivity contribution in [1.82, 2.24) is 0 Å². The third-order valence-electron chi connectivity index (χ3n) is 9.49. The minimum Gasteiger partial charge on any atom is -0.390 e. The Morgan fingerprint density at radius 2 is 1.72 bits per heavy atom. The van der Waals surface area contributed by atoms with Crippen LogP contribution in [0.5, 0.6) is 0 Å². The maximum atomic E-state index is 12.3. The van der Waals surface area contributed by atoms with Crippen molar-refractivity contribution in [1.29, 1.82) is 0 Å². The van der Waals surface area contributed by atoms with Gasteiger partial charge in [-0.05, 0) is 99.7 Å². The third kappa shape index (κ3) is 2.48. The highest BCUT2D eigenvalue weighted by Crippen LogP contribution is 2.67. The van der Waals surface area contributed by atoms with Crippen LogP contribution in [0.3, 0.4) is 0 Å². The lowest BCUT2D eigenvalue weighted by molar-refractivity contribution is -0.150. The molecule has 9 unspecified atom stereocenters. The molecule has 0 amide bonds. The monoisotopic (exact) mass is 347 g/mol. The fourth-order valence-electron chi connectivity index (χ4n) is 8.29. The molecule has 4 aliphatic rings. The number of ketones is 1. The SMILES string of the molecule is CC(=O)C1C(N)CC2C3CCC4CC(C)(O)CCC4(C)C3CCC21C. The Morgan fingerprint density at radius 3 is 2.40 bits per heavy atom. The van der Waals surface area contributed by atoms with Gasteiger partial charge in [-0.25, -0.2) is 0 Å². The Bertz CT molecular complexity index is 572. The molecule has 3 nitrogen and oxygen atoms in total. The summed E-state index contributed by atoms with van der Waals surface area (Å²) in [5, 5.41) is 10.6. The van der Waals surface area contributed by atoms with E-state index in [1.165, 1.54) is 19.3 Å². The highest BCUT2D eigenvalue weighted by molar-refractivity contribution is 5.80. The van der Waals surface area contributed by atoms with Gasteiger partial charge in [-0.2, -0.15) is 0 Å². The molecule has 25 heavy (non-hydrogen) atoms. The summed E-state index contributed by atoms with van der Waals surface area (Å²) in [5.41, 5.74) is 6.53. The number of aliphatic hydroxyl groups is 1. The summed E-state index contributed by atoms with van der Waals surface area (Å²) in [6, 6.07) is 0.0591. The van der Waals surface area contributed by atoms with Gasteiger partial charge in [0.1, 0.15) is 5.78 Å². The first-order chi connectivity index (χ1) is 11.6. The predicted molar refractivity (Wildman–Crippen MR) is 99.9 cm³/mol. The van der Waals surface area contributed by atoms with Crippen molar-refractivity contribution in [3.8, 4) is 0 Å². The maximum Gasteiger partial charge on any atom is 0.135 e. The lowest BCUT2D eigenvalue weighted by atomic mass is 9.44. The van der Waals surface area contributed by atoms with Crippen LogP contribution in [0.15, 0.2) is 0 Å². The molecule has 0 aliphatic heterocycles. The van der Waals surface area contributed by atoms with Crippen LogP contribution in [0.2, 0.25) is 0 Å². The zero-order chi connectivity index (χ0) is 18.2. The Balaban J connectivity index is 1.63. The van der Waals surface area contributed by atoms with Gasteiger partial charge in [0.05, 0.1) is 5.60 Å². The van der Waals surface area contributed by atoms with Gasteiger partial charge in [-0.15, -0.1) is 0 Å². The van der Waals surface area contributed by atoms with Gasteiger partial charge in [-0.1, -0.05) is 13.8 Å². The van der Waals surface area contributed by atoms with E-state index in [4.69, 9.17) is 5.73 Å². The second-order valence-corrected chi connectivity index (χ2v) is 10.9. The molecule has 0 heterocycles. The third-order valence-corrected chi connectivity index (χ3v) is 9.49. The number of hydrogen-bond acceptors (Lipinski definition) is 3. The molecule has 3 N–H and O–H groups in total. The molecular weight excluding hydrogens is 310 g/mol. The second kappa shape index (κ2) is 5.55. The molecular formula is C22H37NO2. The molecule has 0 bridgehead atoms. The standard InChI is InChI=1S/C22H37NO2/c1-13(24)19-18(23)11-17-15-6-5-14-12-20(2,25)9-10-21(14,3)16(15)7-8-22(17,19)4/h14-19,25H,5-12,23H2,1-4H3. The van der Waals surface area contributed by atoms with Gasteiger partial charge in [0, 0.05) is 12.0 Å². The van der Waals surface area contributed by atoms with Crippen LogP contribution in [-0.2, 0) is 4.79 Å². The first-order valence-electron chi connectivity index (χ1n) is 10.6. The van der Waals surface area contributed by atoms with Crippen LogP contribution in [0.1, 0.15) is 79.1 Å². The first-order valence-corrected chi connectivity index (χ1v) is 10.6. The van der Waals surface area contributed by atoms with Crippen LogP contribution in [0.25, 0.3) is 0 Å². The number of rotatable bonds is 1. The van der Waals surface area contributed by atoms with E-state index in [0.717, 1.165) is 43.9 Å². The average Bonchev–Trinajstić information content (AvgIpc) is 2.78. The van der Waals surface area contributed by atoms with Crippen molar-refractivity contribution >= 4 is 5.78 Å². The van der Waals surface area contributed by atoms with Gasteiger partial charge >= 0.3 is 0 Å². The lowest BCUT2D eigenvalue weighted by Crippen LogP contribution is -2.55. The summed E-state index contributed by atoms with van der Waals surface area (Å²) < 4.78 is 0. The Morgan fingerprint density at radius 1 is 1.00 bits per heavy atom. The van der Waals surface area contributed by atoms with Crippen LogP contribution in [-0.4, -0.2) is 22.5 Å². The van der Waals surface area contributed by atoms with Crippen molar-refractivity contribution in [3.63, 3.8) is 0 Å². The molecule has 0 radical (unpaired) electrons. The first kappa shape index (κ1) is 18.0. The molecule has 0 spiro atoms. The Labute approximate surface area is 153 Å². The molecule has 0 aromatic carbocycles. The zero-order valence-corrected chi connectivity index (χ0v) is 16.6. The molecule has 142 valence electrons. The minimum absolute atomic E-state index is 0.0591. The largest absolute Gasteiger partial charge is 0.390 e. The number of hydrogen-bond donors (Lipinski definition) is 2. The molecule has 3 heteroatoms. The van der Waals surface area contributed by atoms with E-state index in [0.29, 0.717) is 23.0 Å². The van der Waals surface area contributed by atoms with E-state index < -0.39 is 5.60 Å². The van der Waals surface area contributed by atoms with Crippen LogP contribution in [0, 0.1) is 40.4 Å². The summed E-state index contributed by atoms with van der Waals surface area (Å²) >= 11 is 0. The number of Topliss-reactive ketones (excluding diaryl/α,β-unsaturated/α-hetero) is 1. The van der Waals surface area contributed by atoms with E-state index in [1.54, 1.807) is 6.92 Å². The minimum atomic E-state index is -0.463. The van der Waals surface area contributed by atoms with Crippen molar-refractivity contribution in [2.24, 2.45) is 46.2 Å². The Hall–Kier alpha value is -0.410. The normalized spacial score (nSPS) is 58.2. The van der Waals surface area contributed by atoms with Crippen molar-refractivity contribution in [2.45, 2.75) is 90.7 Å². The quantitative estimate of drug-likeness (QED) is 0.755. The number of carbonyl (C=O) groups is 1. The highest BCUT2D eigenvalue weighted by Gasteiger charge is 2.63. The van der Waals surface area contributed by atoms with Gasteiger partial charge in [-0.3, -0.25) is 4.79 Å². The average molecular weight is 348 g/mol. The van der Waals surface area contributed by atoms with Crippen LogP contribution in [0.4, 0.5) is 0 Å². The fourth-order valence-corrected chi connectivity index (χ4v) is 8.29. The number of nitrogens with two attached hydrogens (primary N) is 1. The smallest absolute Gasteiger partial charge is 0.135 e. The van der Waals surface area contributed by atoms with E-state index in [2.05, 4.69) is 13.8 Å². The molecule has 4 rings (SSSR count). The van der Waals surface area contributed by atoms with Crippen molar-refractivity contribution < 1.29 is 9.90 Å². The highest BCUT2D eigenvalue weighted by atomic mass is 16.3. The van der Waals surface area contributed by atoms with E-state index in [9.17, 15) is 9.90 Å². The second-order valence-electron chi connectivity index (χ2n) is 10.9. The summed E-state index contributed by atoms with van der Waals surface area (Å²) in [5.74, 6) is 3.16. The van der Waals surface area contributed by atoms with E-state index in [1.807, 2.05) is 6.92 Å². The fraction of sp³-hybridized carbons (Fsp3) is 0.955. The van der Waals surface area contributed by atoms with E-state index in [-0.39, 0.29) is 17.4 Å². The summed E-state index contributed by atoms with van der Waals surface area (Å²) in [6.45, 7) is 8.67. The molecule has 0 saturated heterocycles. The summed E-state index contributed by atoms with van der Waals surface area (Å²) in [6.07, 6.45) is 9.07. The predicted octanol–water partition coefficient (Wildman–Crippen LogP) is 3.92. The number of fused-ring (bicyclic) bond motifs is 5. The maximum absolute atomic E-state index is 12.3. The molecule has 0 aromatic heterocycles. The summed E-state index contributed by atoms with van der Waals surface area (Å²) in [4.78, 5) is 12.3. The van der Waals surface area contributed by atoms with Gasteiger partial charge in [0.25, 0.3) is 0 Å². The summed E-state index contributed by atoms with van der Waals surface area (Å²) in [7, 11) is 0. The Kier molecular flexibility index (Phi) is 3.99. The molecule has 0 aromatic rings.